The van der Waals surface area contributed by atoms with Gasteiger partial charge < -0.3 is 15.6 Å². The Bertz CT molecular complexity index is 157. The van der Waals surface area contributed by atoms with Crippen molar-refractivity contribution in [3.63, 3.8) is 0 Å². The zero-order valence-corrected chi connectivity index (χ0v) is 6.15. The molecule has 0 radical (unpaired) electrons. The summed E-state index contributed by atoms with van der Waals surface area (Å²) in [6, 6.07) is 2.06. The van der Waals surface area contributed by atoms with E-state index in [0.717, 1.165) is 13.2 Å². The Kier molecular flexibility index (Phi) is 2.99. The van der Waals surface area contributed by atoms with Crippen molar-refractivity contribution in [2.45, 2.75) is 6.54 Å². The molecule has 0 amide bonds. The third-order valence-electron chi connectivity index (χ3n) is 1.29. The molecule has 0 saturated heterocycles. The molecule has 3 heteroatoms. The molecular formula is C7H13N3. The van der Waals surface area contributed by atoms with Crippen LogP contribution in [0.5, 0.6) is 0 Å². The summed E-state index contributed by atoms with van der Waals surface area (Å²) < 4.78 is 0. The largest absolute Gasteiger partial charge is 0.367 e. The van der Waals surface area contributed by atoms with Gasteiger partial charge in [-0.1, -0.05) is 0 Å². The Labute approximate surface area is 60.8 Å². The van der Waals surface area contributed by atoms with E-state index in [0.29, 0.717) is 0 Å². The average molecular weight is 139 g/mol. The molecule has 3 N–H and O–H groups in total. The van der Waals surface area contributed by atoms with Crippen molar-refractivity contribution < 1.29 is 0 Å². The van der Waals surface area contributed by atoms with Crippen molar-refractivity contribution >= 4 is 0 Å². The fraction of sp³-hybridized carbons (Fsp3) is 0.429. The summed E-state index contributed by atoms with van der Waals surface area (Å²) in [6.45, 7) is 1.77. The van der Waals surface area contributed by atoms with Gasteiger partial charge in [0.2, 0.25) is 0 Å². The van der Waals surface area contributed by atoms with E-state index in [9.17, 15) is 0 Å². The zero-order chi connectivity index (χ0) is 7.23. The van der Waals surface area contributed by atoms with Crippen LogP contribution in [0.2, 0.25) is 0 Å². The highest BCUT2D eigenvalue weighted by molar-refractivity contribution is 5.07. The molecule has 0 aliphatic carbocycles. The molecule has 0 fully saturated rings. The number of H-pyrrole nitrogens is 1. The number of aromatic nitrogens is 1. The molecule has 0 aliphatic heterocycles. The molecule has 0 unspecified atom stereocenters. The van der Waals surface area contributed by atoms with Crippen LogP contribution in [0.4, 0.5) is 0 Å². The molecule has 0 saturated carbocycles. The second kappa shape index (κ2) is 4.09. The lowest BCUT2D eigenvalue weighted by Crippen LogP contribution is -2.24. The van der Waals surface area contributed by atoms with Crippen molar-refractivity contribution in [1.82, 2.24) is 15.6 Å². The predicted octanol–water partition coefficient (Wildman–Crippen LogP) is 0.281. The van der Waals surface area contributed by atoms with Crippen LogP contribution in [0.15, 0.2) is 18.5 Å². The minimum atomic E-state index is 0.852. The monoisotopic (exact) mass is 139 g/mol. The van der Waals surface area contributed by atoms with Crippen molar-refractivity contribution in [3.05, 3.63) is 24.0 Å². The van der Waals surface area contributed by atoms with Crippen molar-refractivity contribution in [2.24, 2.45) is 0 Å². The molecule has 0 aromatic carbocycles. The standard InChI is InChI=1S/C7H13N3/c1-8-6-10-5-7-2-3-9-4-7/h2-4,8-10H,5-6H2,1H3. The summed E-state index contributed by atoms with van der Waals surface area (Å²) in [6.07, 6.45) is 3.92. The molecular weight excluding hydrogens is 126 g/mol. The number of aromatic amines is 1. The lowest BCUT2D eigenvalue weighted by Gasteiger charge is -1.99. The Morgan fingerprint density at radius 1 is 1.60 bits per heavy atom. The molecule has 1 heterocycles. The van der Waals surface area contributed by atoms with E-state index in [-0.39, 0.29) is 0 Å². The number of hydrogen-bond donors (Lipinski definition) is 3. The summed E-state index contributed by atoms with van der Waals surface area (Å²) in [5, 5.41) is 6.22. The minimum Gasteiger partial charge on any atom is -0.367 e. The lowest BCUT2D eigenvalue weighted by atomic mass is 10.3. The number of rotatable bonds is 4. The van der Waals surface area contributed by atoms with Gasteiger partial charge in [0.1, 0.15) is 0 Å². The molecule has 0 spiro atoms. The zero-order valence-electron chi connectivity index (χ0n) is 6.15. The first kappa shape index (κ1) is 7.31. The predicted molar refractivity (Wildman–Crippen MR) is 41.6 cm³/mol. The third-order valence-corrected chi connectivity index (χ3v) is 1.29. The van der Waals surface area contributed by atoms with Gasteiger partial charge in [-0.25, -0.2) is 0 Å². The quantitative estimate of drug-likeness (QED) is 0.414. The van der Waals surface area contributed by atoms with Crippen LogP contribution in [-0.2, 0) is 6.54 Å². The van der Waals surface area contributed by atoms with E-state index in [1.807, 2.05) is 19.4 Å². The molecule has 1 aromatic rings. The first-order valence-corrected chi connectivity index (χ1v) is 3.40. The summed E-state index contributed by atoms with van der Waals surface area (Å²) in [5.74, 6) is 0. The highest BCUT2D eigenvalue weighted by Gasteiger charge is 1.88. The van der Waals surface area contributed by atoms with E-state index < -0.39 is 0 Å². The van der Waals surface area contributed by atoms with Crippen LogP contribution >= 0.6 is 0 Å². The smallest absolute Gasteiger partial charge is 0.0454 e. The third kappa shape index (κ3) is 2.21. The van der Waals surface area contributed by atoms with Gasteiger partial charge in [-0.15, -0.1) is 0 Å². The minimum absolute atomic E-state index is 0.852. The molecule has 1 aromatic heterocycles. The van der Waals surface area contributed by atoms with Crippen LogP contribution in [0.25, 0.3) is 0 Å². The van der Waals surface area contributed by atoms with Crippen molar-refractivity contribution in [2.75, 3.05) is 13.7 Å². The van der Waals surface area contributed by atoms with Gasteiger partial charge in [0, 0.05) is 25.6 Å². The first-order chi connectivity index (χ1) is 4.93. The fourth-order valence-electron chi connectivity index (χ4n) is 0.800. The first-order valence-electron chi connectivity index (χ1n) is 3.40. The summed E-state index contributed by atoms with van der Waals surface area (Å²) in [7, 11) is 1.92. The van der Waals surface area contributed by atoms with Gasteiger partial charge in [-0.2, -0.15) is 0 Å². The van der Waals surface area contributed by atoms with Crippen LogP contribution < -0.4 is 10.6 Å². The summed E-state index contributed by atoms with van der Waals surface area (Å²) in [5.41, 5.74) is 1.29. The molecule has 56 valence electrons. The van der Waals surface area contributed by atoms with Crippen LogP contribution in [0, 0.1) is 0 Å². The second-order valence-corrected chi connectivity index (χ2v) is 2.18. The maximum absolute atomic E-state index is 3.21. The highest BCUT2D eigenvalue weighted by atomic mass is 15.0. The lowest BCUT2D eigenvalue weighted by molar-refractivity contribution is 0.632. The van der Waals surface area contributed by atoms with Crippen LogP contribution in [0.3, 0.4) is 0 Å². The molecule has 3 nitrogen and oxygen atoms in total. The van der Waals surface area contributed by atoms with E-state index in [1.54, 1.807) is 0 Å². The van der Waals surface area contributed by atoms with Gasteiger partial charge in [0.25, 0.3) is 0 Å². The summed E-state index contributed by atoms with van der Waals surface area (Å²) >= 11 is 0. The van der Waals surface area contributed by atoms with E-state index >= 15 is 0 Å². The van der Waals surface area contributed by atoms with Gasteiger partial charge in [-0.05, 0) is 18.7 Å². The van der Waals surface area contributed by atoms with Crippen molar-refractivity contribution in [3.8, 4) is 0 Å². The Balaban J connectivity index is 2.15. The van der Waals surface area contributed by atoms with E-state index in [2.05, 4.69) is 21.7 Å². The maximum atomic E-state index is 3.21. The van der Waals surface area contributed by atoms with Gasteiger partial charge in [0.15, 0.2) is 0 Å². The van der Waals surface area contributed by atoms with Gasteiger partial charge in [-0.3, -0.25) is 0 Å². The average Bonchev–Trinajstić information content (AvgIpc) is 2.41. The van der Waals surface area contributed by atoms with Gasteiger partial charge in [0.05, 0.1) is 0 Å². The van der Waals surface area contributed by atoms with E-state index in [4.69, 9.17) is 0 Å². The topological polar surface area (TPSA) is 39.8 Å². The van der Waals surface area contributed by atoms with E-state index in [1.165, 1.54) is 5.56 Å². The molecule has 1 rings (SSSR count). The maximum Gasteiger partial charge on any atom is 0.0454 e. The van der Waals surface area contributed by atoms with Gasteiger partial charge >= 0.3 is 0 Å². The fourth-order valence-corrected chi connectivity index (χ4v) is 0.800. The van der Waals surface area contributed by atoms with Crippen LogP contribution in [-0.4, -0.2) is 18.7 Å². The second-order valence-electron chi connectivity index (χ2n) is 2.18. The Morgan fingerprint density at radius 3 is 3.10 bits per heavy atom. The molecule has 0 atom stereocenters. The SMILES string of the molecule is CNCNCc1cc[nH]c1. The number of hydrogen-bond acceptors (Lipinski definition) is 2. The highest BCUT2D eigenvalue weighted by Crippen LogP contribution is 1.93. The normalized spacial score (nSPS) is 10.1. The van der Waals surface area contributed by atoms with Crippen LogP contribution in [0.1, 0.15) is 5.56 Å². The Hall–Kier alpha value is -0.800. The number of nitrogens with one attached hydrogen (secondary N) is 3. The van der Waals surface area contributed by atoms with Crippen molar-refractivity contribution in [1.29, 1.82) is 0 Å². The Morgan fingerprint density at radius 2 is 2.50 bits per heavy atom. The molecule has 10 heavy (non-hydrogen) atoms. The molecule has 0 bridgehead atoms. The summed E-state index contributed by atoms with van der Waals surface area (Å²) in [4.78, 5) is 3.00. The molecule has 0 aliphatic rings.